The first kappa shape index (κ1) is 13.0. The van der Waals surface area contributed by atoms with Gasteiger partial charge in [-0.25, -0.2) is 4.98 Å². The Balaban J connectivity index is 1.92. The molecular formula is C10H18N6OS. The van der Waals surface area contributed by atoms with E-state index in [2.05, 4.69) is 24.3 Å². The highest BCUT2D eigenvalue weighted by Gasteiger charge is 2.24. The third kappa shape index (κ3) is 2.70. The number of aromatic nitrogens is 2. The summed E-state index contributed by atoms with van der Waals surface area (Å²) >= 11 is 1.43. The van der Waals surface area contributed by atoms with E-state index in [4.69, 9.17) is 10.9 Å². The Morgan fingerprint density at radius 2 is 2.11 bits per heavy atom. The van der Waals surface area contributed by atoms with Crippen molar-refractivity contribution in [1.29, 1.82) is 0 Å². The predicted molar refractivity (Wildman–Crippen MR) is 71.3 cm³/mol. The van der Waals surface area contributed by atoms with Gasteiger partial charge in [-0.2, -0.15) is 4.37 Å². The number of anilines is 1. The lowest BCUT2D eigenvalue weighted by molar-refractivity contribution is 0.230. The summed E-state index contributed by atoms with van der Waals surface area (Å²) in [7, 11) is 0. The number of hydrogen-bond donors (Lipinski definition) is 2. The Kier molecular flexibility index (Phi) is 3.97. The molecule has 8 heteroatoms. The Morgan fingerprint density at radius 1 is 1.44 bits per heavy atom. The molecule has 2 rings (SSSR count). The number of aryl methyl sites for hydroxylation is 1. The molecule has 18 heavy (non-hydrogen) atoms. The Hall–Kier alpha value is -1.41. The van der Waals surface area contributed by atoms with Crippen molar-refractivity contribution in [2.75, 3.05) is 31.1 Å². The molecule has 1 saturated heterocycles. The number of hydrogen-bond acceptors (Lipinski definition) is 7. The van der Waals surface area contributed by atoms with Crippen LogP contribution in [0.3, 0.4) is 0 Å². The number of amidine groups is 1. The van der Waals surface area contributed by atoms with Crippen LogP contribution < -0.4 is 10.6 Å². The lowest BCUT2D eigenvalue weighted by Gasteiger charge is -2.37. The zero-order valence-corrected chi connectivity index (χ0v) is 11.4. The number of piperazine rings is 1. The van der Waals surface area contributed by atoms with Crippen molar-refractivity contribution in [3.8, 4) is 0 Å². The van der Waals surface area contributed by atoms with E-state index in [1.807, 2.05) is 13.8 Å². The van der Waals surface area contributed by atoms with Gasteiger partial charge in [0, 0.05) is 37.7 Å². The fraction of sp³-hybridized carbons (Fsp3) is 0.700. The number of nitrogens with two attached hydrogens (primary N) is 1. The van der Waals surface area contributed by atoms with Gasteiger partial charge in [-0.1, -0.05) is 5.16 Å². The van der Waals surface area contributed by atoms with E-state index in [-0.39, 0.29) is 11.9 Å². The molecule has 0 spiro atoms. The van der Waals surface area contributed by atoms with Crippen molar-refractivity contribution in [2.45, 2.75) is 19.9 Å². The summed E-state index contributed by atoms with van der Waals surface area (Å²) in [6.45, 7) is 7.36. The molecule has 1 aromatic heterocycles. The van der Waals surface area contributed by atoms with Crippen molar-refractivity contribution in [1.82, 2.24) is 14.3 Å². The topological polar surface area (TPSA) is 90.9 Å². The minimum atomic E-state index is -0.0340. The maximum Gasteiger partial charge on any atom is 0.205 e. The summed E-state index contributed by atoms with van der Waals surface area (Å²) in [6.07, 6.45) is 0. The minimum Gasteiger partial charge on any atom is -0.409 e. The second-order valence-corrected chi connectivity index (χ2v) is 5.08. The quantitative estimate of drug-likeness (QED) is 0.350. The third-order valence-electron chi connectivity index (χ3n) is 3.19. The van der Waals surface area contributed by atoms with Crippen molar-refractivity contribution < 1.29 is 5.21 Å². The van der Waals surface area contributed by atoms with Gasteiger partial charge in [-0.05, 0) is 13.8 Å². The Labute approximate surface area is 110 Å². The van der Waals surface area contributed by atoms with Crippen molar-refractivity contribution in [3.05, 3.63) is 5.82 Å². The molecule has 0 aliphatic carbocycles. The SMILES string of the molecule is Cc1nsc(N2CCN(C(C)C(N)=NO)CC2)n1. The highest BCUT2D eigenvalue weighted by molar-refractivity contribution is 7.09. The van der Waals surface area contributed by atoms with Gasteiger partial charge in [0.1, 0.15) is 5.82 Å². The van der Waals surface area contributed by atoms with Crippen LogP contribution in [0.2, 0.25) is 0 Å². The highest BCUT2D eigenvalue weighted by atomic mass is 32.1. The first-order chi connectivity index (χ1) is 8.61. The van der Waals surface area contributed by atoms with E-state index < -0.39 is 0 Å². The van der Waals surface area contributed by atoms with E-state index in [0.717, 1.165) is 37.1 Å². The van der Waals surface area contributed by atoms with Gasteiger partial charge < -0.3 is 15.8 Å². The molecular weight excluding hydrogens is 252 g/mol. The minimum absolute atomic E-state index is 0.0340. The summed E-state index contributed by atoms with van der Waals surface area (Å²) in [5.41, 5.74) is 5.62. The fourth-order valence-corrected chi connectivity index (χ4v) is 2.71. The first-order valence-corrected chi connectivity index (χ1v) is 6.66. The maximum atomic E-state index is 8.68. The molecule has 1 unspecified atom stereocenters. The molecule has 1 aliphatic rings. The summed E-state index contributed by atoms with van der Waals surface area (Å²) in [6, 6.07) is -0.0340. The second kappa shape index (κ2) is 5.49. The lowest BCUT2D eigenvalue weighted by Crippen LogP contribution is -2.53. The maximum absolute atomic E-state index is 8.68. The van der Waals surface area contributed by atoms with Crippen molar-refractivity contribution >= 4 is 22.5 Å². The standard InChI is InChI=1S/C10H18N6OS/c1-7(9(11)13-17)15-3-5-16(6-4-15)10-12-8(2)14-18-10/h7,17H,3-6H2,1-2H3,(H2,11,13). The summed E-state index contributed by atoms with van der Waals surface area (Å²) < 4.78 is 4.19. The van der Waals surface area contributed by atoms with E-state index >= 15 is 0 Å². The Bertz CT molecular complexity index is 426. The van der Waals surface area contributed by atoms with Crippen molar-refractivity contribution in [2.24, 2.45) is 10.9 Å². The normalized spacial score (nSPS) is 20.1. The van der Waals surface area contributed by atoms with Crippen LogP contribution in [-0.2, 0) is 0 Å². The van der Waals surface area contributed by atoms with E-state index in [9.17, 15) is 0 Å². The first-order valence-electron chi connectivity index (χ1n) is 5.88. The smallest absolute Gasteiger partial charge is 0.205 e. The molecule has 0 amide bonds. The molecule has 7 nitrogen and oxygen atoms in total. The Morgan fingerprint density at radius 3 is 2.61 bits per heavy atom. The van der Waals surface area contributed by atoms with Gasteiger partial charge >= 0.3 is 0 Å². The number of rotatable bonds is 3. The van der Waals surface area contributed by atoms with Gasteiger partial charge in [-0.15, -0.1) is 0 Å². The third-order valence-corrected chi connectivity index (χ3v) is 4.06. The molecule has 3 N–H and O–H groups in total. The molecule has 0 radical (unpaired) electrons. The van der Waals surface area contributed by atoms with E-state index in [0.29, 0.717) is 0 Å². The monoisotopic (exact) mass is 270 g/mol. The molecule has 0 aromatic carbocycles. The molecule has 100 valence electrons. The lowest BCUT2D eigenvalue weighted by atomic mass is 10.2. The van der Waals surface area contributed by atoms with Crippen LogP contribution in [0.1, 0.15) is 12.7 Å². The average molecular weight is 270 g/mol. The van der Waals surface area contributed by atoms with Crippen LogP contribution in [0, 0.1) is 6.92 Å². The van der Waals surface area contributed by atoms with Crippen LogP contribution in [0.15, 0.2) is 5.16 Å². The molecule has 1 aromatic rings. The summed E-state index contributed by atoms with van der Waals surface area (Å²) in [4.78, 5) is 8.80. The second-order valence-electron chi connectivity index (χ2n) is 4.35. The van der Waals surface area contributed by atoms with Crippen LogP contribution in [-0.4, -0.2) is 57.5 Å². The van der Waals surface area contributed by atoms with Crippen LogP contribution in [0.5, 0.6) is 0 Å². The summed E-state index contributed by atoms with van der Waals surface area (Å²) in [5, 5.41) is 12.7. The molecule has 0 saturated carbocycles. The van der Waals surface area contributed by atoms with Crippen LogP contribution in [0.4, 0.5) is 5.13 Å². The summed E-state index contributed by atoms with van der Waals surface area (Å²) in [5.74, 6) is 1.08. The van der Waals surface area contributed by atoms with Gasteiger partial charge in [0.05, 0.1) is 6.04 Å². The zero-order valence-electron chi connectivity index (χ0n) is 10.6. The van der Waals surface area contributed by atoms with Crippen LogP contribution >= 0.6 is 11.5 Å². The fourth-order valence-electron chi connectivity index (χ4n) is 1.99. The van der Waals surface area contributed by atoms with Crippen LogP contribution in [0.25, 0.3) is 0 Å². The molecule has 2 heterocycles. The zero-order chi connectivity index (χ0) is 13.1. The molecule has 1 fully saturated rings. The van der Waals surface area contributed by atoms with Gasteiger partial charge in [0.25, 0.3) is 0 Å². The van der Waals surface area contributed by atoms with Gasteiger partial charge in [0.2, 0.25) is 5.13 Å². The average Bonchev–Trinajstić information content (AvgIpc) is 2.84. The molecule has 1 aliphatic heterocycles. The van der Waals surface area contributed by atoms with E-state index in [1.54, 1.807) is 0 Å². The predicted octanol–water partition coefficient (Wildman–Crippen LogP) is 0.103. The molecule has 1 atom stereocenters. The van der Waals surface area contributed by atoms with Gasteiger partial charge in [0.15, 0.2) is 5.84 Å². The number of oxime groups is 1. The van der Waals surface area contributed by atoms with Gasteiger partial charge in [-0.3, -0.25) is 4.90 Å². The van der Waals surface area contributed by atoms with Crippen molar-refractivity contribution in [3.63, 3.8) is 0 Å². The number of nitrogens with zero attached hydrogens (tertiary/aromatic N) is 5. The molecule has 0 bridgehead atoms. The highest BCUT2D eigenvalue weighted by Crippen LogP contribution is 2.19. The largest absolute Gasteiger partial charge is 0.409 e. The van der Waals surface area contributed by atoms with E-state index in [1.165, 1.54) is 11.5 Å².